The molecular formula is C21H30O5. The molecule has 0 spiro atoms. The van der Waals surface area contributed by atoms with Crippen molar-refractivity contribution in [1.82, 2.24) is 0 Å². The topological polar surface area (TPSA) is 83.8 Å². The molecule has 0 amide bonds. The Kier molecular flexibility index (Phi) is 6.81. The first-order chi connectivity index (χ1) is 12.3. The molecule has 26 heavy (non-hydrogen) atoms. The van der Waals surface area contributed by atoms with Gasteiger partial charge < -0.3 is 14.9 Å². The molecule has 5 nitrogen and oxygen atoms in total. The molecule has 5 heteroatoms. The number of carboxylic acid groups (broad SMARTS) is 1. The number of allylic oxidation sites excluding steroid dienone is 3. The van der Waals surface area contributed by atoms with E-state index in [1.807, 2.05) is 6.08 Å². The second-order valence-corrected chi connectivity index (χ2v) is 7.73. The van der Waals surface area contributed by atoms with E-state index in [0.29, 0.717) is 36.7 Å². The summed E-state index contributed by atoms with van der Waals surface area (Å²) in [4.78, 5) is 23.8. The molecule has 4 atom stereocenters. The number of aliphatic carboxylic acids is 1. The molecule has 0 heterocycles. The minimum absolute atomic E-state index is 0.00864. The van der Waals surface area contributed by atoms with Crippen LogP contribution in [0.25, 0.3) is 0 Å². The van der Waals surface area contributed by atoms with Crippen LogP contribution in [0.4, 0.5) is 0 Å². The zero-order chi connectivity index (χ0) is 19.4. The van der Waals surface area contributed by atoms with Crippen molar-refractivity contribution in [2.24, 2.45) is 23.7 Å². The second-order valence-electron chi connectivity index (χ2n) is 7.73. The summed E-state index contributed by atoms with van der Waals surface area (Å²) in [6, 6.07) is 0. The molecular weight excluding hydrogens is 332 g/mol. The Hall–Kier alpha value is -1.88. The van der Waals surface area contributed by atoms with Gasteiger partial charge in [-0.1, -0.05) is 38.2 Å². The van der Waals surface area contributed by atoms with Crippen LogP contribution in [0.3, 0.4) is 0 Å². The number of aliphatic hydroxyl groups is 1. The Bertz CT molecular complexity index is 628. The fourth-order valence-corrected chi connectivity index (χ4v) is 4.38. The van der Waals surface area contributed by atoms with E-state index in [9.17, 15) is 19.8 Å². The fourth-order valence-electron chi connectivity index (χ4n) is 4.38. The SMILES string of the molecule is C=C1CCC(C(C)C)C2C=C(C(=O)OC)CC/C=C(/C(=O)O)C(O)CC12. The molecule has 1 fully saturated rings. The van der Waals surface area contributed by atoms with Gasteiger partial charge in [0.25, 0.3) is 0 Å². The molecule has 4 unspecified atom stereocenters. The Morgan fingerprint density at radius 3 is 2.58 bits per heavy atom. The highest BCUT2D eigenvalue weighted by Crippen LogP contribution is 2.45. The van der Waals surface area contributed by atoms with Gasteiger partial charge >= 0.3 is 11.9 Å². The van der Waals surface area contributed by atoms with E-state index in [1.165, 1.54) is 13.2 Å². The highest BCUT2D eigenvalue weighted by molar-refractivity contribution is 5.89. The van der Waals surface area contributed by atoms with Gasteiger partial charge in [0.2, 0.25) is 0 Å². The molecule has 144 valence electrons. The normalized spacial score (nSPS) is 32.1. The number of hydrogen-bond donors (Lipinski definition) is 2. The first-order valence-corrected chi connectivity index (χ1v) is 9.34. The van der Waals surface area contributed by atoms with E-state index in [1.54, 1.807) is 0 Å². The Labute approximate surface area is 155 Å². The first-order valence-electron chi connectivity index (χ1n) is 9.34. The van der Waals surface area contributed by atoms with Crippen molar-refractivity contribution in [3.8, 4) is 0 Å². The number of carbonyl (C=O) groups is 2. The summed E-state index contributed by atoms with van der Waals surface area (Å²) in [6.45, 7) is 8.52. The number of fused-ring (bicyclic) bond motifs is 1. The van der Waals surface area contributed by atoms with Crippen molar-refractivity contribution in [3.05, 3.63) is 35.5 Å². The Morgan fingerprint density at radius 1 is 1.31 bits per heavy atom. The maximum atomic E-state index is 12.2. The highest BCUT2D eigenvalue weighted by Gasteiger charge is 2.38. The summed E-state index contributed by atoms with van der Waals surface area (Å²) < 4.78 is 4.94. The van der Waals surface area contributed by atoms with Crippen LogP contribution in [0.2, 0.25) is 0 Å². The van der Waals surface area contributed by atoms with Gasteiger partial charge in [-0.15, -0.1) is 0 Å². The van der Waals surface area contributed by atoms with E-state index in [2.05, 4.69) is 20.4 Å². The number of ether oxygens (including phenoxy) is 1. The van der Waals surface area contributed by atoms with Crippen LogP contribution in [-0.4, -0.2) is 35.4 Å². The van der Waals surface area contributed by atoms with E-state index in [-0.39, 0.29) is 23.4 Å². The van der Waals surface area contributed by atoms with Crippen molar-refractivity contribution < 1.29 is 24.5 Å². The number of aliphatic hydroxyl groups excluding tert-OH is 1. The third-order valence-corrected chi connectivity index (χ3v) is 5.84. The molecule has 2 aliphatic carbocycles. The number of rotatable bonds is 3. The molecule has 0 aromatic heterocycles. The summed E-state index contributed by atoms with van der Waals surface area (Å²) in [5.74, 6) is -0.706. The molecule has 0 aliphatic heterocycles. The van der Waals surface area contributed by atoms with Crippen LogP contribution in [-0.2, 0) is 14.3 Å². The van der Waals surface area contributed by atoms with Gasteiger partial charge in [-0.25, -0.2) is 9.59 Å². The predicted octanol–water partition coefficient (Wildman–Crippen LogP) is 3.50. The standard InChI is InChI=1S/C21H30O5/c1-12(2)15-9-8-13(3)17-11-19(22)16(20(23)24)7-5-6-14(10-18(15)17)21(25)26-4/h7,10,12,15,17-19,22H,3,5-6,8-9,11H2,1-2,4H3,(H,23,24)/b14-10?,16-7+. The summed E-state index contributed by atoms with van der Waals surface area (Å²) >= 11 is 0. The molecule has 0 saturated heterocycles. The minimum Gasteiger partial charge on any atom is -0.478 e. The largest absolute Gasteiger partial charge is 0.478 e. The maximum absolute atomic E-state index is 12.2. The van der Waals surface area contributed by atoms with Gasteiger partial charge in [0, 0.05) is 5.57 Å². The van der Waals surface area contributed by atoms with Crippen LogP contribution in [0.15, 0.2) is 35.5 Å². The second kappa shape index (κ2) is 8.67. The van der Waals surface area contributed by atoms with Crippen molar-refractivity contribution in [2.45, 2.75) is 52.1 Å². The Morgan fingerprint density at radius 2 is 2.00 bits per heavy atom. The highest BCUT2D eigenvalue weighted by atomic mass is 16.5. The summed E-state index contributed by atoms with van der Waals surface area (Å²) in [6.07, 6.45) is 5.45. The van der Waals surface area contributed by atoms with Crippen molar-refractivity contribution >= 4 is 11.9 Å². The van der Waals surface area contributed by atoms with Crippen LogP contribution in [0.1, 0.15) is 46.0 Å². The van der Waals surface area contributed by atoms with E-state index in [4.69, 9.17) is 4.74 Å². The molecule has 2 N–H and O–H groups in total. The van der Waals surface area contributed by atoms with Gasteiger partial charge in [-0.05, 0) is 55.8 Å². The third kappa shape index (κ3) is 4.44. The predicted molar refractivity (Wildman–Crippen MR) is 99.4 cm³/mol. The summed E-state index contributed by atoms with van der Waals surface area (Å²) in [5, 5.41) is 20.0. The lowest BCUT2D eigenvalue weighted by atomic mass is 9.63. The zero-order valence-electron chi connectivity index (χ0n) is 15.9. The number of hydrogen-bond acceptors (Lipinski definition) is 4. The molecule has 0 bridgehead atoms. The lowest BCUT2D eigenvalue weighted by Crippen LogP contribution is -2.35. The fraction of sp³-hybridized carbons (Fsp3) is 0.619. The van der Waals surface area contributed by atoms with E-state index >= 15 is 0 Å². The lowest BCUT2D eigenvalue weighted by Gasteiger charge is -2.41. The lowest BCUT2D eigenvalue weighted by molar-refractivity contribution is -0.136. The van der Waals surface area contributed by atoms with Crippen LogP contribution in [0, 0.1) is 23.7 Å². The first kappa shape index (κ1) is 20.4. The number of methoxy groups -OCH3 is 1. The monoisotopic (exact) mass is 362 g/mol. The maximum Gasteiger partial charge on any atom is 0.333 e. The number of carboxylic acids is 1. The van der Waals surface area contributed by atoms with Crippen LogP contribution < -0.4 is 0 Å². The van der Waals surface area contributed by atoms with E-state index in [0.717, 1.165) is 18.4 Å². The quantitative estimate of drug-likeness (QED) is 0.593. The summed E-state index contributed by atoms with van der Waals surface area (Å²) in [5.41, 5.74) is 1.62. The van der Waals surface area contributed by atoms with Gasteiger partial charge in [-0.2, -0.15) is 0 Å². The van der Waals surface area contributed by atoms with Gasteiger partial charge in [-0.3, -0.25) is 0 Å². The van der Waals surface area contributed by atoms with Gasteiger partial charge in [0.05, 0.1) is 18.8 Å². The smallest absolute Gasteiger partial charge is 0.333 e. The molecule has 0 radical (unpaired) electrons. The number of carbonyl (C=O) groups excluding carboxylic acids is 1. The van der Waals surface area contributed by atoms with Crippen LogP contribution >= 0.6 is 0 Å². The zero-order valence-corrected chi connectivity index (χ0v) is 15.9. The minimum atomic E-state index is -1.11. The molecule has 0 aromatic rings. The van der Waals surface area contributed by atoms with Crippen LogP contribution in [0.5, 0.6) is 0 Å². The molecule has 2 aliphatic rings. The van der Waals surface area contributed by atoms with Crippen molar-refractivity contribution in [1.29, 1.82) is 0 Å². The van der Waals surface area contributed by atoms with E-state index < -0.39 is 12.1 Å². The number of esters is 1. The van der Waals surface area contributed by atoms with Crippen molar-refractivity contribution in [2.75, 3.05) is 7.11 Å². The summed E-state index contributed by atoms with van der Waals surface area (Å²) in [7, 11) is 1.36. The molecule has 0 aromatic carbocycles. The molecule has 1 saturated carbocycles. The average molecular weight is 362 g/mol. The van der Waals surface area contributed by atoms with Gasteiger partial charge in [0.1, 0.15) is 0 Å². The van der Waals surface area contributed by atoms with Gasteiger partial charge in [0.15, 0.2) is 0 Å². The van der Waals surface area contributed by atoms with Crippen molar-refractivity contribution in [3.63, 3.8) is 0 Å². The molecule has 2 rings (SSSR count). The average Bonchev–Trinajstić information content (AvgIpc) is 2.58. The third-order valence-electron chi connectivity index (χ3n) is 5.84. The Balaban J connectivity index is 2.51.